The van der Waals surface area contributed by atoms with E-state index in [9.17, 15) is 14.7 Å². The van der Waals surface area contributed by atoms with Gasteiger partial charge in [0.25, 0.3) is 11.5 Å². The van der Waals surface area contributed by atoms with Gasteiger partial charge in [-0.15, -0.1) is 0 Å². The zero-order chi connectivity index (χ0) is 23.7. The van der Waals surface area contributed by atoms with Crippen LogP contribution in [-0.2, 0) is 7.05 Å². The summed E-state index contributed by atoms with van der Waals surface area (Å²) in [5, 5.41) is 21.3. The van der Waals surface area contributed by atoms with Crippen molar-refractivity contribution in [3.05, 3.63) is 87.1 Å². The Morgan fingerprint density at radius 2 is 2.03 bits per heavy atom. The van der Waals surface area contributed by atoms with Crippen molar-refractivity contribution >= 4 is 23.2 Å². The predicted molar refractivity (Wildman–Crippen MR) is 121 cm³/mol. The van der Waals surface area contributed by atoms with Gasteiger partial charge in [-0.2, -0.15) is 5.10 Å². The number of rotatable bonds is 6. The minimum Gasteiger partial charge on any atom is -0.501 e. The molecule has 0 saturated heterocycles. The third-order valence-corrected chi connectivity index (χ3v) is 5.67. The molecule has 10 nitrogen and oxygen atoms in total. The third-order valence-electron chi connectivity index (χ3n) is 5.33. The highest BCUT2D eigenvalue weighted by molar-refractivity contribution is 6.31. The molecule has 2 N–H and O–H groups in total. The summed E-state index contributed by atoms with van der Waals surface area (Å²) in [4.78, 5) is 29.9. The van der Waals surface area contributed by atoms with Crippen LogP contribution in [0.3, 0.4) is 0 Å². The number of nitrogens with zero attached hydrogens (tertiary/aromatic N) is 5. The standard InChI is InChI=1S/C22H21ClN6O4/c1-12-8-24-29(10-12)18(15-6-4-5-7-16(15)23)13(2)20-27-17(19(30)22(32)28(20)3)21(31)26-14-9-25-33-11-14/h4-11,13,18,30H,1-3H3,(H,26,31)/t13-,18+/m1/s1. The Morgan fingerprint density at radius 1 is 1.27 bits per heavy atom. The molecule has 0 aliphatic rings. The summed E-state index contributed by atoms with van der Waals surface area (Å²) in [5.74, 6) is -1.73. The minimum absolute atomic E-state index is 0.262. The molecular formula is C22H21ClN6O4. The van der Waals surface area contributed by atoms with Crippen LogP contribution in [0.1, 0.15) is 46.3 Å². The number of nitrogens with one attached hydrogen (secondary N) is 1. The number of hydrogen-bond donors (Lipinski definition) is 2. The van der Waals surface area contributed by atoms with Crippen molar-refractivity contribution in [2.45, 2.75) is 25.8 Å². The number of amides is 1. The van der Waals surface area contributed by atoms with Crippen molar-refractivity contribution in [2.75, 3.05) is 5.32 Å². The number of hydrogen-bond acceptors (Lipinski definition) is 7. The molecule has 1 aromatic carbocycles. The van der Waals surface area contributed by atoms with Gasteiger partial charge in [0.15, 0.2) is 5.69 Å². The number of aryl methyl sites for hydroxylation is 1. The number of aromatic nitrogens is 5. The van der Waals surface area contributed by atoms with Gasteiger partial charge in [0.05, 0.1) is 18.4 Å². The van der Waals surface area contributed by atoms with Crippen molar-refractivity contribution in [1.29, 1.82) is 0 Å². The fraction of sp³-hybridized carbons (Fsp3) is 0.227. The number of anilines is 1. The molecule has 4 rings (SSSR count). The zero-order valence-electron chi connectivity index (χ0n) is 18.1. The molecule has 0 bridgehead atoms. The number of benzene rings is 1. The van der Waals surface area contributed by atoms with E-state index in [1.165, 1.54) is 24.1 Å². The van der Waals surface area contributed by atoms with E-state index in [-0.39, 0.29) is 11.5 Å². The van der Waals surface area contributed by atoms with Gasteiger partial charge in [0, 0.05) is 24.2 Å². The molecule has 33 heavy (non-hydrogen) atoms. The fourth-order valence-electron chi connectivity index (χ4n) is 3.71. The molecule has 0 spiro atoms. The minimum atomic E-state index is -0.772. The molecule has 170 valence electrons. The maximum atomic E-state index is 12.8. The van der Waals surface area contributed by atoms with E-state index < -0.39 is 34.9 Å². The molecule has 0 radical (unpaired) electrons. The van der Waals surface area contributed by atoms with Crippen LogP contribution < -0.4 is 10.9 Å². The van der Waals surface area contributed by atoms with E-state index in [0.29, 0.717) is 5.02 Å². The van der Waals surface area contributed by atoms with Gasteiger partial charge < -0.3 is 14.9 Å². The Morgan fingerprint density at radius 3 is 2.67 bits per heavy atom. The van der Waals surface area contributed by atoms with Crippen LogP contribution in [0.5, 0.6) is 5.75 Å². The average Bonchev–Trinajstić information content (AvgIpc) is 3.45. The lowest BCUT2D eigenvalue weighted by Gasteiger charge is -2.27. The monoisotopic (exact) mass is 468 g/mol. The number of halogens is 1. The molecular weight excluding hydrogens is 448 g/mol. The molecule has 4 aromatic rings. The highest BCUT2D eigenvalue weighted by atomic mass is 35.5. The first-order chi connectivity index (χ1) is 15.8. The van der Waals surface area contributed by atoms with Crippen LogP contribution in [0.4, 0.5) is 5.69 Å². The van der Waals surface area contributed by atoms with E-state index in [1.54, 1.807) is 16.9 Å². The van der Waals surface area contributed by atoms with Gasteiger partial charge >= 0.3 is 0 Å². The van der Waals surface area contributed by atoms with Crippen LogP contribution in [0.2, 0.25) is 5.02 Å². The van der Waals surface area contributed by atoms with Crippen molar-refractivity contribution < 1.29 is 14.4 Å². The normalized spacial score (nSPS) is 13.0. The van der Waals surface area contributed by atoms with Crippen LogP contribution in [-0.4, -0.2) is 35.5 Å². The van der Waals surface area contributed by atoms with Gasteiger partial charge in [0.2, 0.25) is 5.75 Å². The van der Waals surface area contributed by atoms with Crippen LogP contribution >= 0.6 is 11.6 Å². The number of carbonyl (C=O) groups excluding carboxylic acids is 1. The molecule has 0 saturated carbocycles. The second-order valence-corrected chi connectivity index (χ2v) is 8.06. The number of carbonyl (C=O) groups is 1. The lowest BCUT2D eigenvalue weighted by Crippen LogP contribution is -2.30. The molecule has 3 aromatic heterocycles. The fourth-order valence-corrected chi connectivity index (χ4v) is 3.96. The first kappa shape index (κ1) is 22.3. The Kier molecular flexibility index (Phi) is 6.01. The van der Waals surface area contributed by atoms with E-state index >= 15 is 0 Å². The van der Waals surface area contributed by atoms with Crippen LogP contribution in [0, 0.1) is 6.92 Å². The Hall–Kier alpha value is -3.92. The quantitative estimate of drug-likeness (QED) is 0.444. The summed E-state index contributed by atoms with van der Waals surface area (Å²) < 4.78 is 7.66. The van der Waals surface area contributed by atoms with Crippen LogP contribution in [0.15, 0.2) is 58.4 Å². The Labute approximate surface area is 193 Å². The first-order valence-corrected chi connectivity index (χ1v) is 10.4. The van der Waals surface area contributed by atoms with E-state index in [2.05, 4.69) is 20.6 Å². The van der Waals surface area contributed by atoms with Crippen LogP contribution in [0.25, 0.3) is 0 Å². The lowest BCUT2D eigenvalue weighted by molar-refractivity contribution is 0.101. The van der Waals surface area contributed by atoms with Gasteiger partial charge in [-0.25, -0.2) is 4.98 Å². The zero-order valence-corrected chi connectivity index (χ0v) is 18.8. The molecule has 2 atom stereocenters. The third kappa shape index (κ3) is 4.24. The maximum Gasteiger partial charge on any atom is 0.296 e. The van der Waals surface area contributed by atoms with Crippen molar-refractivity contribution in [3.8, 4) is 5.75 Å². The second kappa shape index (κ2) is 8.91. The smallest absolute Gasteiger partial charge is 0.296 e. The SMILES string of the molecule is Cc1cnn([C@H](c2ccccc2Cl)[C@@H](C)c2nc(C(=O)Nc3cnoc3)c(O)c(=O)n2C)c1. The molecule has 3 heterocycles. The van der Waals surface area contributed by atoms with Gasteiger partial charge in [-0.05, 0) is 24.1 Å². The Balaban J connectivity index is 1.83. The van der Waals surface area contributed by atoms with Gasteiger partial charge in [-0.1, -0.05) is 41.9 Å². The number of aromatic hydroxyl groups is 1. The molecule has 0 aliphatic carbocycles. The average molecular weight is 469 g/mol. The summed E-state index contributed by atoms with van der Waals surface area (Å²) in [6.45, 7) is 3.77. The Bertz CT molecular complexity index is 1360. The topological polar surface area (TPSA) is 128 Å². The highest BCUT2D eigenvalue weighted by Crippen LogP contribution is 2.36. The second-order valence-electron chi connectivity index (χ2n) is 7.65. The van der Waals surface area contributed by atoms with Crippen molar-refractivity contribution in [3.63, 3.8) is 0 Å². The predicted octanol–water partition coefficient (Wildman–Crippen LogP) is 3.28. The highest BCUT2D eigenvalue weighted by Gasteiger charge is 2.31. The first-order valence-electron chi connectivity index (χ1n) is 10.0. The summed E-state index contributed by atoms with van der Waals surface area (Å²) >= 11 is 6.52. The summed E-state index contributed by atoms with van der Waals surface area (Å²) in [7, 11) is 1.49. The summed E-state index contributed by atoms with van der Waals surface area (Å²) in [6, 6.07) is 6.89. The molecule has 11 heteroatoms. The van der Waals surface area contributed by atoms with Crippen molar-refractivity contribution in [2.24, 2.45) is 7.05 Å². The molecule has 0 fully saturated rings. The van der Waals surface area contributed by atoms with E-state index in [4.69, 9.17) is 16.1 Å². The summed E-state index contributed by atoms with van der Waals surface area (Å²) in [6.07, 6.45) is 6.08. The van der Waals surface area contributed by atoms with Crippen molar-refractivity contribution in [1.82, 2.24) is 24.5 Å². The molecule has 1 amide bonds. The summed E-state index contributed by atoms with van der Waals surface area (Å²) in [5.41, 5.74) is 0.818. The van der Waals surface area contributed by atoms with Gasteiger partial charge in [0.1, 0.15) is 17.8 Å². The lowest BCUT2D eigenvalue weighted by atomic mass is 9.93. The van der Waals surface area contributed by atoms with Gasteiger partial charge in [-0.3, -0.25) is 18.8 Å². The van der Waals surface area contributed by atoms with E-state index in [1.807, 2.05) is 38.2 Å². The molecule has 0 aliphatic heterocycles. The van der Waals surface area contributed by atoms with E-state index in [0.717, 1.165) is 11.1 Å². The molecule has 0 unspecified atom stereocenters. The maximum absolute atomic E-state index is 12.8. The largest absolute Gasteiger partial charge is 0.501 e.